The summed E-state index contributed by atoms with van der Waals surface area (Å²) in [6.45, 7) is 7.40. The maximum Gasteiger partial charge on any atom is 0.0589 e. The number of benzene rings is 1. The Bertz CT molecular complexity index is 379. The van der Waals surface area contributed by atoms with E-state index in [1.165, 1.54) is 18.7 Å². The first-order valence-electron chi connectivity index (χ1n) is 7.08. The standard InChI is InChI=1S/C15H25N3O/c1-3-18(14-6-4-13(16)5-7-14)15-8-9-17(12-15)10-11-19-2/h4-7,15H,3,8-12,16H2,1-2H3/t15-/m0/s1. The lowest BCUT2D eigenvalue weighted by Gasteiger charge is -2.30. The molecule has 106 valence electrons. The van der Waals surface area contributed by atoms with E-state index in [0.29, 0.717) is 6.04 Å². The normalized spacial score (nSPS) is 19.8. The van der Waals surface area contributed by atoms with Crippen LogP contribution >= 0.6 is 0 Å². The number of likely N-dealkylation sites (tertiary alicyclic amines) is 1. The van der Waals surface area contributed by atoms with E-state index >= 15 is 0 Å². The van der Waals surface area contributed by atoms with Crippen LogP contribution in [0, 0.1) is 0 Å². The van der Waals surface area contributed by atoms with Crippen molar-refractivity contribution in [3.8, 4) is 0 Å². The average Bonchev–Trinajstić information content (AvgIpc) is 2.88. The molecule has 1 atom stereocenters. The Hall–Kier alpha value is -1.26. The first-order valence-corrected chi connectivity index (χ1v) is 7.08. The number of hydrogen-bond acceptors (Lipinski definition) is 4. The molecule has 0 bridgehead atoms. The lowest BCUT2D eigenvalue weighted by Crippen LogP contribution is -2.38. The molecule has 0 amide bonds. The summed E-state index contributed by atoms with van der Waals surface area (Å²) < 4.78 is 5.15. The molecule has 2 N–H and O–H groups in total. The van der Waals surface area contributed by atoms with Gasteiger partial charge in [-0.3, -0.25) is 4.90 Å². The quantitative estimate of drug-likeness (QED) is 0.795. The van der Waals surface area contributed by atoms with Crippen molar-refractivity contribution in [1.82, 2.24) is 4.90 Å². The maximum atomic E-state index is 5.76. The Morgan fingerprint density at radius 1 is 1.37 bits per heavy atom. The van der Waals surface area contributed by atoms with Crippen LogP contribution in [0.3, 0.4) is 0 Å². The summed E-state index contributed by atoms with van der Waals surface area (Å²) in [7, 11) is 1.76. The smallest absolute Gasteiger partial charge is 0.0589 e. The van der Waals surface area contributed by atoms with Crippen molar-refractivity contribution in [2.24, 2.45) is 0 Å². The Balaban J connectivity index is 1.97. The topological polar surface area (TPSA) is 41.7 Å². The largest absolute Gasteiger partial charge is 0.399 e. The van der Waals surface area contributed by atoms with Crippen LogP contribution in [0.1, 0.15) is 13.3 Å². The van der Waals surface area contributed by atoms with Gasteiger partial charge >= 0.3 is 0 Å². The number of anilines is 2. The van der Waals surface area contributed by atoms with Crippen molar-refractivity contribution in [1.29, 1.82) is 0 Å². The molecule has 1 aliphatic heterocycles. The van der Waals surface area contributed by atoms with E-state index in [1.54, 1.807) is 7.11 Å². The molecular weight excluding hydrogens is 238 g/mol. The van der Waals surface area contributed by atoms with E-state index in [1.807, 2.05) is 12.1 Å². The van der Waals surface area contributed by atoms with E-state index in [4.69, 9.17) is 10.5 Å². The maximum absolute atomic E-state index is 5.76. The van der Waals surface area contributed by atoms with Gasteiger partial charge in [0.1, 0.15) is 0 Å². The molecule has 4 heteroatoms. The highest BCUT2D eigenvalue weighted by Gasteiger charge is 2.26. The Kier molecular flexibility index (Phi) is 5.05. The second kappa shape index (κ2) is 6.78. The van der Waals surface area contributed by atoms with Crippen LogP contribution in [0.4, 0.5) is 11.4 Å². The Morgan fingerprint density at radius 3 is 2.74 bits per heavy atom. The number of methoxy groups -OCH3 is 1. The molecule has 19 heavy (non-hydrogen) atoms. The zero-order chi connectivity index (χ0) is 13.7. The molecule has 1 saturated heterocycles. The first-order chi connectivity index (χ1) is 9.24. The molecule has 2 rings (SSSR count). The van der Waals surface area contributed by atoms with Crippen LogP contribution in [-0.4, -0.2) is 50.8 Å². The molecule has 1 aromatic carbocycles. The third-order valence-corrected chi connectivity index (χ3v) is 3.87. The van der Waals surface area contributed by atoms with Crippen molar-refractivity contribution in [2.45, 2.75) is 19.4 Å². The van der Waals surface area contributed by atoms with Crippen LogP contribution in [0.2, 0.25) is 0 Å². The van der Waals surface area contributed by atoms with Gasteiger partial charge in [0.15, 0.2) is 0 Å². The van der Waals surface area contributed by atoms with E-state index in [9.17, 15) is 0 Å². The van der Waals surface area contributed by atoms with E-state index in [0.717, 1.165) is 31.9 Å². The number of nitrogens with two attached hydrogens (primary N) is 1. The molecule has 0 radical (unpaired) electrons. The highest BCUT2D eigenvalue weighted by molar-refractivity contribution is 5.53. The van der Waals surface area contributed by atoms with Crippen LogP contribution in [-0.2, 0) is 4.74 Å². The number of hydrogen-bond donors (Lipinski definition) is 1. The number of likely N-dealkylation sites (N-methyl/N-ethyl adjacent to an activating group) is 1. The summed E-state index contributed by atoms with van der Waals surface area (Å²) in [6.07, 6.45) is 1.22. The number of rotatable bonds is 6. The van der Waals surface area contributed by atoms with Gasteiger partial charge in [-0.25, -0.2) is 0 Å². The third kappa shape index (κ3) is 3.61. The fourth-order valence-corrected chi connectivity index (χ4v) is 2.81. The first kappa shape index (κ1) is 14.2. The van der Waals surface area contributed by atoms with E-state index in [-0.39, 0.29) is 0 Å². The van der Waals surface area contributed by atoms with Gasteiger partial charge in [-0.15, -0.1) is 0 Å². The summed E-state index contributed by atoms with van der Waals surface area (Å²) in [5.41, 5.74) is 7.86. The average molecular weight is 263 g/mol. The van der Waals surface area contributed by atoms with Crippen molar-refractivity contribution >= 4 is 11.4 Å². The van der Waals surface area contributed by atoms with Crippen molar-refractivity contribution in [2.75, 3.05) is 50.5 Å². The van der Waals surface area contributed by atoms with Gasteiger partial charge in [-0.1, -0.05) is 0 Å². The monoisotopic (exact) mass is 263 g/mol. The van der Waals surface area contributed by atoms with Crippen molar-refractivity contribution in [3.63, 3.8) is 0 Å². The predicted octanol–water partition coefficient (Wildman–Crippen LogP) is 1.82. The summed E-state index contributed by atoms with van der Waals surface area (Å²) >= 11 is 0. The molecule has 1 fully saturated rings. The second-order valence-corrected chi connectivity index (χ2v) is 5.11. The molecule has 0 spiro atoms. The van der Waals surface area contributed by atoms with Crippen LogP contribution in [0.15, 0.2) is 24.3 Å². The van der Waals surface area contributed by atoms with Gasteiger partial charge in [-0.05, 0) is 37.6 Å². The highest BCUT2D eigenvalue weighted by Crippen LogP contribution is 2.23. The summed E-state index contributed by atoms with van der Waals surface area (Å²) in [6, 6.07) is 8.81. The summed E-state index contributed by atoms with van der Waals surface area (Å²) in [5, 5.41) is 0. The number of nitrogen functional groups attached to an aromatic ring is 1. The molecule has 1 heterocycles. The van der Waals surface area contributed by atoms with Crippen LogP contribution in [0.25, 0.3) is 0 Å². The number of ether oxygens (including phenoxy) is 1. The third-order valence-electron chi connectivity index (χ3n) is 3.87. The lowest BCUT2D eigenvalue weighted by molar-refractivity contribution is 0.160. The number of nitrogens with zero attached hydrogens (tertiary/aromatic N) is 2. The van der Waals surface area contributed by atoms with Gasteiger partial charge in [0.2, 0.25) is 0 Å². The zero-order valence-corrected chi connectivity index (χ0v) is 12.0. The molecule has 0 aromatic heterocycles. The van der Waals surface area contributed by atoms with Gasteiger partial charge in [-0.2, -0.15) is 0 Å². The Labute approximate surface area is 116 Å². The summed E-state index contributed by atoms with van der Waals surface area (Å²) in [4.78, 5) is 4.96. The van der Waals surface area contributed by atoms with Gasteiger partial charge in [0.25, 0.3) is 0 Å². The van der Waals surface area contributed by atoms with Crippen LogP contribution < -0.4 is 10.6 Å². The minimum Gasteiger partial charge on any atom is -0.399 e. The molecule has 1 aromatic rings. The molecule has 0 aliphatic carbocycles. The molecule has 0 saturated carbocycles. The highest BCUT2D eigenvalue weighted by atomic mass is 16.5. The molecular formula is C15H25N3O. The van der Waals surface area contributed by atoms with Gasteiger partial charge in [0, 0.05) is 50.7 Å². The lowest BCUT2D eigenvalue weighted by atomic mass is 10.2. The predicted molar refractivity (Wildman–Crippen MR) is 80.6 cm³/mol. The van der Waals surface area contributed by atoms with Crippen molar-refractivity contribution in [3.05, 3.63) is 24.3 Å². The fraction of sp³-hybridized carbons (Fsp3) is 0.600. The van der Waals surface area contributed by atoms with Crippen LogP contribution in [0.5, 0.6) is 0 Å². The van der Waals surface area contributed by atoms with Gasteiger partial charge in [0.05, 0.1) is 6.61 Å². The van der Waals surface area contributed by atoms with E-state index < -0.39 is 0 Å². The van der Waals surface area contributed by atoms with Gasteiger partial charge < -0.3 is 15.4 Å². The SMILES string of the molecule is CCN(c1ccc(N)cc1)[C@H]1CCN(CCOC)C1. The summed E-state index contributed by atoms with van der Waals surface area (Å²) in [5.74, 6) is 0. The minimum absolute atomic E-state index is 0.602. The zero-order valence-electron chi connectivity index (χ0n) is 12.0. The second-order valence-electron chi connectivity index (χ2n) is 5.11. The van der Waals surface area contributed by atoms with E-state index in [2.05, 4.69) is 28.9 Å². The van der Waals surface area contributed by atoms with Crippen molar-refractivity contribution < 1.29 is 4.74 Å². The minimum atomic E-state index is 0.602. The Morgan fingerprint density at radius 2 is 2.11 bits per heavy atom. The molecule has 4 nitrogen and oxygen atoms in total. The molecule has 0 unspecified atom stereocenters. The fourth-order valence-electron chi connectivity index (χ4n) is 2.81. The molecule has 1 aliphatic rings.